The highest BCUT2D eigenvalue weighted by Gasteiger charge is 2.45. The van der Waals surface area contributed by atoms with Crippen LogP contribution < -0.4 is 0 Å². The van der Waals surface area contributed by atoms with Gasteiger partial charge in [-0.05, 0) is 36.5 Å². The van der Waals surface area contributed by atoms with Gasteiger partial charge in [0.2, 0.25) is 6.08 Å². The standard InChI is InChI=1S/C12H11NO3S/c14-8-13-12(4-5-12)10-2-1-9-3-6-17(15,16)11(9)7-10/h1-2,7H,3-6H2. The smallest absolute Gasteiger partial charge is 0.224 e. The van der Waals surface area contributed by atoms with E-state index in [0.717, 1.165) is 24.0 Å². The van der Waals surface area contributed by atoms with Gasteiger partial charge < -0.3 is 0 Å². The monoisotopic (exact) mass is 249 g/mol. The molecule has 0 saturated heterocycles. The predicted molar refractivity (Wildman–Crippen MR) is 61.2 cm³/mol. The minimum atomic E-state index is -3.12. The maximum absolute atomic E-state index is 11.8. The summed E-state index contributed by atoms with van der Waals surface area (Å²) in [5.74, 6) is 0.190. The molecule has 1 aromatic rings. The Morgan fingerprint density at radius 1 is 1.29 bits per heavy atom. The van der Waals surface area contributed by atoms with Crippen LogP contribution in [0.25, 0.3) is 0 Å². The lowest BCUT2D eigenvalue weighted by atomic mass is 10.0. The van der Waals surface area contributed by atoms with E-state index in [9.17, 15) is 13.2 Å². The van der Waals surface area contributed by atoms with Crippen molar-refractivity contribution >= 4 is 15.9 Å². The minimum Gasteiger partial charge on any atom is -0.224 e. The Labute approximate surface area is 99.3 Å². The lowest BCUT2D eigenvalue weighted by Crippen LogP contribution is -2.05. The van der Waals surface area contributed by atoms with Crippen LogP contribution in [0, 0.1) is 0 Å². The molecule has 17 heavy (non-hydrogen) atoms. The fourth-order valence-electron chi connectivity index (χ4n) is 2.37. The molecule has 0 radical (unpaired) electrons. The lowest BCUT2D eigenvalue weighted by molar-refractivity contribution is 0.556. The van der Waals surface area contributed by atoms with Crippen LogP contribution in [0.2, 0.25) is 0 Å². The largest absolute Gasteiger partial charge is 0.235 e. The Morgan fingerprint density at radius 3 is 2.71 bits per heavy atom. The summed E-state index contributed by atoms with van der Waals surface area (Å²) in [6, 6.07) is 5.41. The molecule has 1 aliphatic heterocycles. The third-order valence-electron chi connectivity index (χ3n) is 3.56. The van der Waals surface area contributed by atoms with E-state index in [-0.39, 0.29) is 5.75 Å². The van der Waals surface area contributed by atoms with Crippen LogP contribution in [-0.2, 0) is 26.6 Å². The van der Waals surface area contributed by atoms with Gasteiger partial charge in [0.15, 0.2) is 9.84 Å². The third kappa shape index (κ3) is 1.54. The van der Waals surface area contributed by atoms with E-state index in [1.54, 1.807) is 12.1 Å². The van der Waals surface area contributed by atoms with E-state index in [0.29, 0.717) is 11.3 Å². The van der Waals surface area contributed by atoms with Crippen LogP contribution in [-0.4, -0.2) is 20.3 Å². The fourth-order valence-corrected chi connectivity index (χ4v) is 3.95. The molecule has 1 aromatic carbocycles. The van der Waals surface area contributed by atoms with E-state index in [2.05, 4.69) is 4.99 Å². The Morgan fingerprint density at radius 2 is 2.06 bits per heavy atom. The van der Waals surface area contributed by atoms with Gasteiger partial charge in [-0.2, -0.15) is 4.99 Å². The van der Waals surface area contributed by atoms with Crippen molar-refractivity contribution in [3.8, 4) is 0 Å². The van der Waals surface area contributed by atoms with Crippen LogP contribution in [0.4, 0.5) is 0 Å². The summed E-state index contributed by atoms with van der Waals surface area (Å²) in [5.41, 5.74) is 1.21. The summed E-state index contributed by atoms with van der Waals surface area (Å²) in [7, 11) is -3.12. The number of carbonyl (C=O) groups excluding carboxylic acids is 1. The summed E-state index contributed by atoms with van der Waals surface area (Å²) in [6.45, 7) is 0. The molecule has 5 heteroatoms. The second kappa shape index (κ2) is 3.28. The van der Waals surface area contributed by atoms with Crippen molar-refractivity contribution in [2.24, 2.45) is 4.99 Å². The second-order valence-corrected chi connectivity index (χ2v) is 6.70. The zero-order chi connectivity index (χ0) is 12.1. The lowest BCUT2D eigenvalue weighted by Gasteiger charge is -2.09. The van der Waals surface area contributed by atoms with Crippen LogP contribution in [0.5, 0.6) is 0 Å². The first kappa shape index (κ1) is 10.7. The highest BCUT2D eigenvalue weighted by molar-refractivity contribution is 7.91. The fraction of sp³-hybridized carbons (Fsp3) is 0.417. The van der Waals surface area contributed by atoms with E-state index in [1.165, 1.54) is 0 Å². The van der Waals surface area contributed by atoms with Gasteiger partial charge in [-0.15, -0.1) is 0 Å². The van der Waals surface area contributed by atoms with Crippen molar-refractivity contribution in [2.45, 2.75) is 29.7 Å². The molecule has 2 aliphatic rings. The molecule has 0 spiro atoms. The van der Waals surface area contributed by atoms with Gasteiger partial charge in [-0.1, -0.05) is 12.1 Å². The SMILES string of the molecule is O=C=NC1(c2ccc3c(c2)S(=O)(=O)CC3)CC1. The zero-order valence-corrected chi connectivity index (χ0v) is 9.96. The Hall–Kier alpha value is -1.45. The summed E-state index contributed by atoms with van der Waals surface area (Å²) >= 11 is 0. The van der Waals surface area contributed by atoms with Crippen LogP contribution in [0.1, 0.15) is 24.0 Å². The molecule has 3 rings (SSSR count). The van der Waals surface area contributed by atoms with Gasteiger partial charge in [0.25, 0.3) is 0 Å². The molecule has 1 saturated carbocycles. The molecule has 1 aliphatic carbocycles. The number of fused-ring (bicyclic) bond motifs is 1. The summed E-state index contributed by atoms with van der Waals surface area (Å²) in [4.78, 5) is 14.6. The minimum absolute atomic E-state index is 0.190. The normalized spacial score (nSPS) is 22.6. The third-order valence-corrected chi connectivity index (χ3v) is 5.35. The molecule has 0 N–H and O–H groups in total. The molecular formula is C12H11NO3S. The topological polar surface area (TPSA) is 63.6 Å². The quantitative estimate of drug-likeness (QED) is 0.587. The van der Waals surface area contributed by atoms with Gasteiger partial charge in [0.1, 0.15) is 0 Å². The Kier molecular flexibility index (Phi) is 2.06. The first-order valence-electron chi connectivity index (χ1n) is 5.53. The zero-order valence-electron chi connectivity index (χ0n) is 9.14. The molecule has 0 atom stereocenters. The average molecular weight is 249 g/mol. The van der Waals surface area contributed by atoms with Gasteiger partial charge in [-0.3, -0.25) is 0 Å². The van der Waals surface area contributed by atoms with Gasteiger partial charge in [-0.25, -0.2) is 13.2 Å². The summed E-state index contributed by atoms with van der Waals surface area (Å²) < 4.78 is 23.6. The number of aryl methyl sites for hydroxylation is 1. The first-order valence-corrected chi connectivity index (χ1v) is 7.18. The number of hydrogen-bond donors (Lipinski definition) is 0. The van der Waals surface area contributed by atoms with Gasteiger partial charge >= 0.3 is 0 Å². The first-order chi connectivity index (χ1) is 8.07. The van der Waals surface area contributed by atoms with Crippen molar-refractivity contribution in [3.05, 3.63) is 29.3 Å². The Balaban J connectivity index is 2.14. The van der Waals surface area contributed by atoms with Gasteiger partial charge in [0.05, 0.1) is 16.2 Å². The highest BCUT2D eigenvalue weighted by Crippen LogP contribution is 2.50. The van der Waals surface area contributed by atoms with Crippen LogP contribution in [0.3, 0.4) is 0 Å². The molecule has 0 aromatic heterocycles. The average Bonchev–Trinajstić information content (AvgIpc) is 3.02. The number of benzene rings is 1. The Bertz CT molecular complexity index is 638. The van der Waals surface area contributed by atoms with Crippen molar-refractivity contribution in [2.75, 3.05) is 5.75 Å². The van der Waals surface area contributed by atoms with Crippen molar-refractivity contribution in [1.82, 2.24) is 0 Å². The molecule has 1 heterocycles. The van der Waals surface area contributed by atoms with Gasteiger partial charge in [0, 0.05) is 0 Å². The maximum atomic E-state index is 11.8. The molecule has 1 fully saturated rings. The number of rotatable bonds is 2. The summed E-state index contributed by atoms with van der Waals surface area (Å²) in [5, 5.41) is 0. The van der Waals surface area contributed by atoms with Crippen LogP contribution in [0.15, 0.2) is 28.1 Å². The van der Waals surface area contributed by atoms with E-state index in [1.807, 2.05) is 12.1 Å². The maximum Gasteiger partial charge on any atom is 0.235 e. The van der Waals surface area contributed by atoms with Crippen molar-refractivity contribution in [1.29, 1.82) is 0 Å². The number of isocyanates is 1. The van der Waals surface area contributed by atoms with Crippen LogP contribution >= 0.6 is 0 Å². The van der Waals surface area contributed by atoms with E-state index < -0.39 is 15.4 Å². The molecular weight excluding hydrogens is 238 g/mol. The van der Waals surface area contributed by atoms with E-state index >= 15 is 0 Å². The second-order valence-electron chi connectivity index (χ2n) is 4.63. The molecule has 88 valence electrons. The highest BCUT2D eigenvalue weighted by atomic mass is 32.2. The van der Waals surface area contributed by atoms with Crippen molar-refractivity contribution < 1.29 is 13.2 Å². The number of nitrogens with zero attached hydrogens (tertiary/aromatic N) is 1. The molecule has 0 amide bonds. The number of aliphatic imine (C=N–C) groups is 1. The molecule has 0 bridgehead atoms. The van der Waals surface area contributed by atoms with Crippen molar-refractivity contribution in [3.63, 3.8) is 0 Å². The predicted octanol–water partition coefficient (Wildman–Crippen LogP) is 1.34. The number of hydrogen-bond acceptors (Lipinski definition) is 4. The molecule has 0 unspecified atom stereocenters. The molecule has 4 nitrogen and oxygen atoms in total. The van der Waals surface area contributed by atoms with E-state index in [4.69, 9.17) is 0 Å². The number of sulfone groups is 1. The summed E-state index contributed by atoms with van der Waals surface area (Å²) in [6.07, 6.45) is 3.75.